The number of carbonyl (C=O) groups excluding carboxylic acids is 1. The van der Waals surface area contributed by atoms with Gasteiger partial charge in [0.15, 0.2) is 9.84 Å². The van der Waals surface area contributed by atoms with Crippen molar-refractivity contribution < 1.29 is 30.8 Å². The first-order valence-electron chi connectivity index (χ1n) is 10.4. The van der Waals surface area contributed by atoms with Gasteiger partial charge in [0, 0.05) is 0 Å². The van der Waals surface area contributed by atoms with Gasteiger partial charge in [-0.2, -0.15) is 18.4 Å². The van der Waals surface area contributed by atoms with E-state index in [1.807, 2.05) is 13.0 Å². The normalized spacial score (nSPS) is 17.2. The molecular formula is C21H27F4N3O3S. The first kappa shape index (κ1) is 26.1. The number of unbranched alkanes of at least 4 members (excludes halogenated alkanes) is 3. The average Bonchev–Trinajstić information content (AvgIpc) is 3.48. The van der Waals surface area contributed by atoms with Gasteiger partial charge in [-0.15, -0.1) is 0 Å². The molecule has 1 saturated carbocycles. The number of alkyl halides is 3. The topological polar surface area (TPSA) is 99.1 Å². The minimum Gasteiger partial charge on any atom is -0.336 e. The van der Waals surface area contributed by atoms with E-state index in [-0.39, 0.29) is 11.3 Å². The van der Waals surface area contributed by atoms with Gasteiger partial charge in [0.05, 0.1) is 17.6 Å². The van der Waals surface area contributed by atoms with E-state index in [0.717, 1.165) is 37.1 Å². The summed E-state index contributed by atoms with van der Waals surface area (Å²) in [7, 11) is -3.86. The van der Waals surface area contributed by atoms with Crippen LogP contribution in [0.2, 0.25) is 0 Å². The largest absolute Gasteiger partial charge is 0.407 e. The molecule has 2 rings (SSSR count). The Morgan fingerprint density at radius 3 is 2.31 bits per heavy atom. The number of hydrogen-bond acceptors (Lipinski definition) is 5. The number of hydrogen-bond donors (Lipinski definition) is 2. The lowest BCUT2D eigenvalue weighted by atomic mass is 10.0. The Morgan fingerprint density at radius 2 is 1.81 bits per heavy atom. The van der Waals surface area contributed by atoms with Crippen LogP contribution in [0.4, 0.5) is 17.6 Å². The summed E-state index contributed by atoms with van der Waals surface area (Å²) in [6, 6.07) is 1.31. The van der Waals surface area contributed by atoms with Gasteiger partial charge in [-0.05, 0) is 37.0 Å². The molecule has 32 heavy (non-hydrogen) atoms. The van der Waals surface area contributed by atoms with Crippen molar-refractivity contribution in [2.75, 3.05) is 11.5 Å². The van der Waals surface area contributed by atoms with Crippen molar-refractivity contribution >= 4 is 15.7 Å². The SMILES string of the molecule is CCCCCCS(=O)(=O)CC(N[C@H](c1ccc(F)cc1)C(F)(F)F)C(=O)NC1(C#N)CC1. The number of carbonyl (C=O) groups is 1. The van der Waals surface area contributed by atoms with Crippen molar-refractivity contribution in [2.45, 2.75) is 69.2 Å². The van der Waals surface area contributed by atoms with Crippen LogP contribution in [0.3, 0.4) is 0 Å². The summed E-state index contributed by atoms with van der Waals surface area (Å²) in [5.74, 6) is -2.82. The highest BCUT2D eigenvalue weighted by Gasteiger charge is 2.48. The van der Waals surface area contributed by atoms with E-state index in [1.54, 1.807) is 0 Å². The van der Waals surface area contributed by atoms with Crippen LogP contribution in [0.5, 0.6) is 0 Å². The quantitative estimate of drug-likeness (QED) is 0.354. The molecule has 0 heterocycles. The van der Waals surface area contributed by atoms with Crippen LogP contribution in [0.1, 0.15) is 57.1 Å². The van der Waals surface area contributed by atoms with Crippen LogP contribution in [0.15, 0.2) is 24.3 Å². The fraction of sp³-hybridized carbons (Fsp3) is 0.619. The van der Waals surface area contributed by atoms with E-state index in [4.69, 9.17) is 0 Å². The van der Waals surface area contributed by atoms with Crippen molar-refractivity contribution in [1.29, 1.82) is 5.26 Å². The number of rotatable bonds is 12. The van der Waals surface area contributed by atoms with Gasteiger partial charge in [-0.1, -0.05) is 38.3 Å². The number of benzene rings is 1. The summed E-state index contributed by atoms with van der Waals surface area (Å²) in [4.78, 5) is 12.7. The van der Waals surface area contributed by atoms with E-state index in [2.05, 4.69) is 10.6 Å². The highest BCUT2D eigenvalue weighted by molar-refractivity contribution is 7.91. The molecule has 2 N–H and O–H groups in total. The first-order valence-corrected chi connectivity index (χ1v) is 12.3. The summed E-state index contributed by atoms with van der Waals surface area (Å²) >= 11 is 0. The maximum atomic E-state index is 13.8. The molecule has 1 aliphatic carbocycles. The Labute approximate surface area is 185 Å². The lowest BCUT2D eigenvalue weighted by Gasteiger charge is -2.28. The van der Waals surface area contributed by atoms with Gasteiger partial charge in [0.2, 0.25) is 5.91 Å². The van der Waals surface area contributed by atoms with Crippen molar-refractivity contribution in [3.8, 4) is 6.07 Å². The fourth-order valence-corrected chi connectivity index (χ4v) is 4.80. The number of halogens is 4. The van der Waals surface area contributed by atoms with Crippen LogP contribution in [0, 0.1) is 17.1 Å². The molecule has 178 valence electrons. The Kier molecular flexibility index (Phi) is 8.65. The summed E-state index contributed by atoms with van der Waals surface area (Å²) < 4.78 is 79.6. The van der Waals surface area contributed by atoms with Crippen LogP contribution in [-0.4, -0.2) is 43.6 Å². The molecule has 0 saturated heterocycles. The van der Waals surface area contributed by atoms with Crippen LogP contribution < -0.4 is 10.6 Å². The Bertz CT molecular complexity index is 923. The second kappa shape index (κ2) is 10.6. The Balaban J connectivity index is 2.26. The van der Waals surface area contributed by atoms with Crippen LogP contribution in [-0.2, 0) is 14.6 Å². The molecule has 2 atom stereocenters. The molecular weight excluding hydrogens is 450 g/mol. The third kappa shape index (κ3) is 7.74. The highest BCUT2D eigenvalue weighted by atomic mass is 32.2. The first-order chi connectivity index (χ1) is 14.9. The molecule has 1 amide bonds. The van der Waals surface area contributed by atoms with Gasteiger partial charge >= 0.3 is 6.18 Å². The standard InChI is InChI=1S/C21H27F4N3O3S/c1-2-3-4-5-12-32(30,31)13-17(19(29)28-20(14-26)10-11-20)27-18(21(23,24)25)15-6-8-16(22)9-7-15/h6-9,17-18,27H,2-5,10-13H2,1H3,(H,28,29)/t17?,18-/m1/s1. The number of amides is 1. The lowest BCUT2D eigenvalue weighted by molar-refractivity contribution is -0.160. The zero-order chi connectivity index (χ0) is 24.0. The molecule has 1 aromatic rings. The molecule has 0 radical (unpaired) electrons. The number of nitrogens with one attached hydrogen (secondary N) is 2. The molecule has 1 unspecified atom stereocenters. The Morgan fingerprint density at radius 1 is 1.19 bits per heavy atom. The fourth-order valence-electron chi connectivity index (χ4n) is 3.23. The minimum absolute atomic E-state index is 0.255. The van der Waals surface area contributed by atoms with Crippen molar-refractivity contribution in [3.63, 3.8) is 0 Å². The maximum absolute atomic E-state index is 13.8. The number of sulfone groups is 1. The van der Waals surface area contributed by atoms with Gasteiger partial charge < -0.3 is 5.32 Å². The monoisotopic (exact) mass is 477 g/mol. The molecule has 6 nitrogen and oxygen atoms in total. The molecule has 1 fully saturated rings. The summed E-state index contributed by atoms with van der Waals surface area (Å²) in [6.45, 7) is 1.95. The van der Waals surface area contributed by atoms with E-state index < -0.39 is 51.1 Å². The molecule has 1 aliphatic rings. The maximum Gasteiger partial charge on any atom is 0.407 e. The summed E-state index contributed by atoms with van der Waals surface area (Å²) in [5, 5.41) is 13.7. The van der Waals surface area contributed by atoms with Crippen LogP contribution in [0.25, 0.3) is 0 Å². The third-order valence-electron chi connectivity index (χ3n) is 5.27. The third-order valence-corrected chi connectivity index (χ3v) is 7.02. The second-order valence-corrected chi connectivity index (χ2v) is 10.3. The van der Waals surface area contributed by atoms with E-state index >= 15 is 0 Å². The van der Waals surface area contributed by atoms with Crippen LogP contribution >= 0.6 is 0 Å². The predicted octanol–water partition coefficient (Wildman–Crippen LogP) is 3.55. The molecule has 11 heteroatoms. The van der Waals surface area contributed by atoms with Gasteiger partial charge in [0.1, 0.15) is 23.4 Å². The van der Waals surface area contributed by atoms with E-state index in [1.165, 1.54) is 0 Å². The minimum atomic E-state index is -4.88. The van der Waals surface area contributed by atoms with E-state index in [9.17, 15) is 36.0 Å². The van der Waals surface area contributed by atoms with E-state index in [0.29, 0.717) is 25.7 Å². The highest BCUT2D eigenvalue weighted by Crippen LogP contribution is 2.35. The zero-order valence-corrected chi connectivity index (χ0v) is 18.5. The lowest BCUT2D eigenvalue weighted by Crippen LogP contribution is -2.54. The molecule has 1 aromatic carbocycles. The number of nitrogens with zero attached hydrogens (tertiary/aromatic N) is 1. The molecule has 0 aromatic heterocycles. The summed E-state index contributed by atoms with van der Waals surface area (Å²) in [6.07, 6.45) is -1.50. The summed E-state index contributed by atoms with van der Waals surface area (Å²) in [5.41, 5.74) is -1.54. The zero-order valence-electron chi connectivity index (χ0n) is 17.7. The van der Waals surface area contributed by atoms with Gasteiger partial charge in [-0.3, -0.25) is 10.1 Å². The predicted molar refractivity (Wildman–Crippen MR) is 111 cm³/mol. The molecule has 0 bridgehead atoms. The van der Waals surface area contributed by atoms with Crippen molar-refractivity contribution in [1.82, 2.24) is 10.6 Å². The Hall–Kier alpha value is -2.19. The second-order valence-electron chi connectivity index (χ2n) is 8.10. The van der Waals surface area contributed by atoms with Gasteiger partial charge in [0.25, 0.3) is 0 Å². The average molecular weight is 478 g/mol. The van der Waals surface area contributed by atoms with Gasteiger partial charge in [-0.25, -0.2) is 12.8 Å². The van der Waals surface area contributed by atoms with Crippen molar-refractivity contribution in [2.24, 2.45) is 0 Å². The smallest absolute Gasteiger partial charge is 0.336 e. The number of nitriles is 1. The molecule has 0 aliphatic heterocycles. The molecule has 0 spiro atoms. The van der Waals surface area contributed by atoms with Crippen molar-refractivity contribution in [3.05, 3.63) is 35.6 Å².